The lowest BCUT2D eigenvalue weighted by atomic mass is 10.3. The van der Waals surface area contributed by atoms with E-state index in [-0.39, 0.29) is 5.95 Å². The van der Waals surface area contributed by atoms with Gasteiger partial charge in [-0.1, -0.05) is 25.6 Å². The van der Waals surface area contributed by atoms with Gasteiger partial charge in [0.25, 0.3) is 0 Å². The summed E-state index contributed by atoms with van der Waals surface area (Å²) in [5, 5.41) is 2.74. The molecule has 0 aliphatic heterocycles. The van der Waals surface area contributed by atoms with Crippen LogP contribution in [-0.4, -0.2) is 23.0 Å². The lowest BCUT2D eigenvalue weighted by Crippen LogP contribution is -2.16. The first kappa shape index (κ1) is 12.7. The largest absolute Gasteiger partial charge is 0.368 e. The van der Waals surface area contributed by atoms with E-state index in [0.717, 1.165) is 10.7 Å². The fraction of sp³-hybridized carbons (Fsp3) is 0.250. The maximum atomic E-state index is 5.70. The third-order valence-corrected chi connectivity index (χ3v) is 3.63. The number of nitrogen functional groups attached to an aromatic ring is 1. The number of aromatic nitrogens is 3. The summed E-state index contributed by atoms with van der Waals surface area (Å²) in [5.74, 6) is 3.32. The van der Waals surface area contributed by atoms with Crippen LogP contribution in [0.2, 0.25) is 19.6 Å². The zero-order valence-corrected chi connectivity index (χ0v) is 12.4. The zero-order chi connectivity index (χ0) is 13.2. The summed E-state index contributed by atoms with van der Waals surface area (Å²) in [6, 6.07) is 1.84. The minimum absolute atomic E-state index is 0.238. The average Bonchev–Trinajstić information content (AvgIpc) is 2.78. The Hall–Kier alpha value is -1.71. The lowest BCUT2D eigenvalue weighted by molar-refractivity contribution is 1.16. The van der Waals surface area contributed by atoms with Crippen molar-refractivity contribution in [2.75, 3.05) is 5.73 Å². The highest BCUT2D eigenvalue weighted by molar-refractivity contribution is 7.13. The summed E-state index contributed by atoms with van der Waals surface area (Å²) in [4.78, 5) is 12.5. The Morgan fingerprint density at radius 3 is 2.67 bits per heavy atom. The number of anilines is 1. The van der Waals surface area contributed by atoms with E-state index in [1.807, 2.05) is 11.4 Å². The van der Waals surface area contributed by atoms with E-state index in [0.29, 0.717) is 5.69 Å². The summed E-state index contributed by atoms with van der Waals surface area (Å²) >= 11 is 1.52. The van der Waals surface area contributed by atoms with Crippen molar-refractivity contribution < 1.29 is 0 Å². The standard InChI is InChI=1S/C12H14N4SSi/c1-18(2,3)7-4-9-8-10(16-12(13)15-9)11-14-5-6-17-11/h5-6,8H,1-3H3,(H2,13,15,16). The van der Waals surface area contributed by atoms with Gasteiger partial charge in [-0.25, -0.2) is 15.0 Å². The van der Waals surface area contributed by atoms with Gasteiger partial charge < -0.3 is 5.73 Å². The molecule has 2 aromatic heterocycles. The fourth-order valence-corrected chi connectivity index (χ4v) is 2.34. The summed E-state index contributed by atoms with van der Waals surface area (Å²) in [6.45, 7) is 6.56. The monoisotopic (exact) mass is 274 g/mol. The predicted octanol–water partition coefficient (Wildman–Crippen LogP) is 2.41. The molecule has 0 spiro atoms. The first-order valence-corrected chi connectivity index (χ1v) is 9.90. The van der Waals surface area contributed by atoms with Crippen LogP contribution in [0.15, 0.2) is 17.6 Å². The van der Waals surface area contributed by atoms with Crippen molar-refractivity contribution in [3.8, 4) is 22.2 Å². The Balaban J connectivity index is 2.41. The molecule has 0 aliphatic rings. The van der Waals surface area contributed by atoms with Gasteiger partial charge in [-0.2, -0.15) is 0 Å². The molecule has 0 atom stereocenters. The number of hydrogen-bond acceptors (Lipinski definition) is 5. The van der Waals surface area contributed by atoms with Gasteiger partial charge in [-0.15, -0.1) is 16.9 Å². The molecular weight excluding hydrogens is 260 g/mol. The minimum Gasteiger partial charge on any atom is -0.368 e. The van der Waals surface area contributed by atoms with Gasteiger partial charge in [0, 0.05) is 17.6 Å². The van der Waals surface area contributed by atoms with Crippen LogP contribution in [0.3, 0.4) is 0 Å². The van der Waals surface area contributed by atoms with Gasteiger partial charge >= 0.3 is 0 Å². The number of nitrogens with zero attached hydrogens (tertiary/aromatic N) is 3. The highest BCUT2D eigenvalue weighted by atomic mass is 32.1. The third-order valence-electron chi connectivity index (χ3n) is 1.96. The maximum Gasteiger partial charge on any atom is 0.221 e. The molecule has 0 saturated heterocycles. The van der Waals surface area contributed by atoms with Crippen molar-refractivity contribution in [2.45, 2.75) is 19.6 Å². The van der Waals surface area contributed by atoms with E-state index in [9.17, 15) is 0 Å². The molecule has 0 bridgehead atoms. The molecule has 6 heteroatoms. The summed E-state index contributed by atoms with van der Waals surface area (Å²) in [5.41, 5.74) is 10.4. The molecule has 0 radical (unpaired) electrons. The Morgan fingerprint density at radius 1 is 1.28 bits per heavy atom. The van der Waals surface area contributed by atoms with Crippen molar-refractivity contribution in [3.63, 3.8) is 0 Å². The van der Waals surface area contributed by atoms with Crippen LogP contribution < -0.4 is 5.73 Å². The van der Waals surface area contributed by atoms with Gasteiger partial charge in [0.1, 0.15) is 24.5 Å². The van der Waals surface area contributed by atoms with Crippen molar-refractivity contribution in [2.24, 2.45) is 0 Å². The first-order chi connectivity index (χ1) is 8.44. The molecule has 0 fully saturated rings. The van der Waals surface area contributed by atoms with Crippen molar-refractivity contribution >= 4 is 25.4 Å². The molecule has 0 aromatic carbocycles. The van der Waals surface area contributed by atoms with Crippen LogP contribution in [0.4, 0.5) is 5.95 Å². The Bertz CT molecular complexity index is 605. The number of rotatable bonds is 1. The first-order valence-electron chi connectivity index (χ1n) is 5.52. The van der Waals surface area contributed by atoms with E-state index in [4.69, 9.17) is 5.73 Å². The molecule has 18 heavy (non-hydrogen) atoms. The van der Waals surface area contributed by atoms with Crippen LogP contribution in [0.5, 0.6) is 0 Å². The predicted molar refractivity (Wildman–Crippen MR) is 77.8 cm³/mol. The molecule has 0 amide bonds. The van der Waals surface area contributed by atoms with E-state index in [1.54, 1.807) is 6.20 Å². The average molecular weight is 274 g/mol. The Kier molecular flexibility index (Phi) is 3.45. The smallest absolute Gasteiger partial charge is 0.221 e. The Morgan fingerprint density at radius 2 is 2.06 bits per heavy atom. The lowest BCUT2D eigenvalue weighted by Gasteiger charge is -2.03. The van der Waals surface area contributed by atoms with E-state index < -0.39 is 8.07 Å². The van der Waals surface area contributed by atoms with E-state index >= 15 is 0 Å². The van der Waals surface area contributed by atoms with E-state index in [2.05, 4.69) is 46.1 Å². The quantitative estimate of drug-likeness (QED) is 0.640. The van der Waals surface area contributed by atoms with Crippen molar-refractivity contribution in [3.05, 3.63) is 23.3 Å². The molecule has 0 aliphatic carbocycles. The van der Waals surface area contributed by atoms with Crippen LogP contribution in [0, 0.1) is 11.5 Å². The van der Waals surface area contributed by atoms with E-state index in [1.165, 1.54) is 11.3 Å². The number of nitrogens with two attached hydrogens (primary N) is 1. The maximum absolute atomic E-state index is 5.70. The Labute approximate surface area is 111 Å². The molecule has 4 nitrogen and oxygen atoms in total. The molecular formula is C12H14N4SSi. The second-order valence-electron chi connectivity index (χ2n) is 4.83. The van der Waals surface area contributed by atoms with Crippen LogP contribution in [0.25, 0.3) is 10.7 Å². The number of thiazole rings is 1. The van der Waals surface area contributed by atoms with Crippen molar-refractivity contribution in [1.29, 1.82) is 0 Å². The zero-order valence-electron chi connectivity index (χ0n) is 10.6. The normalized spacial score (nSPS) is 10.8. The third kappa shape index (κ3) is 3.39. The molecule has 2 aromatic rings. The summed E-state index contributed by atoms with van der Waals surface area (Å²) < 4.78 is 0. The molecule has 2 N–H and O–H groups in total. The molecule has 2 rings (SSSR count). The SMILES string of the molecule is C[Si](C)(C)C#Cc1cc(-c2nccs2)nc(N)n1. The highest BCUT2D eigenvalue weighted by Gasteiger charge is 2.09. The molecule has 2 heterocycles. The van der Waals surface area contributed by atoms with Gasteiger partial charge in [-0.3, -0.25) is 0 Å². The molecule has 92 valence electrons. The second-order valence-corrected chi connectivity index (χ2v) is 10.5. The van der Waals surface area contributed by atoms with Gasteiger partial charge in [0.05, 0.1) is 0 Å². The van der Waals surface area contributed by atoms with Crippen LogP contribution >= 0.6 is 11.3 Å². The van der Waals surface area contributed by atoms with Crippen LogP contribution in [-0.2, 0) is 0 Å². The fourth-order valence-electron chi connectivity index (χ4n) is 1.24. The van der Waals surface area contributed by atoms with Crippen molar-refractivity contribution in [1.82, 2.24) is 15.0 Å². The topological polar surface area (TPSA) is 64.7 Å². The number of hydrogen-bond donors (Lipinski definition) is 1. The molecule has 0 unspecified atom stereocenters. The van der Waals surface area contributed by atoms with Gasteiger partial charge in [0.15, 0.2) is 0 Å². The van der Waals surface area contributed by atoms with Gasteiger partial charge in [0.2, 0.25) is 5.95 Å². The highest BCUT2D eigenvalue weighted by Crippen LogP contribution is 2.20. The molecule has 0 saturated carbocycles. The second kappa shape index (κ2) is 4.88. The minimum atomic E-state index is -1.42. The summed E-state index contributed by atoms with van der Waals surface area (Å²) in [7, 11) is -1.42. The summed E-state index contributed by atoms with van der Waals surface area (Å²) in [6.07, 6.45) is 1.74. The van der Waals surface area contributed by atoms with Gasteiger partial charge in [-0.05, 0) is 0 Å². The van der Waals surface area contributed by atoms with Crippen LogP contribution in [0.1, 0.15) is 5.69 Å².